The second kappa shape index (κ2) is 11.2. The van der Waals surface area contributed by atoms with Gasteiger partial charge in [-0.2, -0.15) is 0 Å². The van der Waals surface area contributed by atoms with Crippen LogP contribution < -0.4 is 9.80 Å². The van der Waals surface area contributed by atoms with Crippen molar-refractivity contribution in [2.45, 2.75) is 0 Å². The molecule has 0 spiro atoms. The van der Waals surface area contributed by atoms with Gasteiger partial charge in [-0.3, -0.25) is 0 Å². The number of nitrogens with zero attached hydrogens (tertiary/aromatic N) is 2. The van der Waals surface area contributed by atoms with Crippen molar-refractivity contribution < 1.29 is 4.42 Å². The Morgan fingerprint density at radius 1 is 0.319 bits per heavy atom. The Balaban J connectivity index is 1.38. The molecule has 0 N–H and O–H groups in total. The Morgan fingerprint density at radius 3 is 1.15 bits per heavy atom. The highest BCUT2D eigenvalue weighted by Crippen LogP contribution is 2.48. The standard InChI is InChI=1S/C44H30N2O/c1-5-17-31(18-6-1)45(32-19-7-2-8-20-32)40-29-39-43-37-27-15-13-25-35(37)41(30-42(43)47-44(39)38-28-16-14-26-36(38)40)46(33-21-9-3-10-22-33)34-23-11-4-12-24-34/h1-30H. The number of rotatable bonds is 6. The first-order valence-corrected chi connectivity index (χ1v) is 16.0. The molecular formula is C44H30N2O. The van der Waals surface area contributed by atoms with Gasteiger partial charge in [-0.05, 0) is 60.0 Å². The topological polar surface area (TPSA) is 19.6 Å². The van der Waals surface area contributed by atoms with E-state index in [9.17, 15) is 0 Å². The van der Waals surface area contributed by atoms with Gasteiger partial charge in [-0.1, -0.05) is 121 Å². The van der Waals surface area contributed by atoms with Crippen LogP contribution >= 0.6 is 0 Å². The maximum absolute atomic E-state index is 6.94. The molecule has 3 heteroatoms. The monoisotopic (exact) mass is 602 g/mol. The fourth-order valence-electron chi connectivity index (χ4n) is 6.96. The zero-order valence-electron chi connectivity index (χ0n) is 25.6. The molecule has 3 nitrogen and oxygen atoms in total. The SMILES string of the molecule is c1ccc(N(c2ccccc2)c2cc3c(oc4cc(N(c5ccccc5)c5ccccc5)c5ccccc5c43)c3ccccc23)cc1. The Bertz CT molecular complexity index is 2430. The lowest BCUT2D eigenvalue weighted by Crippen LogP contribution is -2.10. The average Bonchev–Trinajstić information content (AvgIpc) is 3.53. The third-order valence-corrected chi connectivity index (χ3v) is 8.98. The molecule has 9 aromatic rings. The van der Waals surface area contributed by atoms with Crippen LogP contribution in [0.3, 0.4) is 0 Å². The molecule has 0 bridgehead atoms. The van der Waals surface area contributed by atoms with Gasteiger partial charge in [0.15, 0.2) is 0 Å². The van der Waals surface area contributed by atoms with E-state index in [0.717, 1.165) is 77.6 Å². The van der Waals surface area contributed by atoms with Crippen LogP contribution in [-0.2, 0) is 0 Å². The van der Waals surface area contributed by atoms with E-state index in [1.807, 2.05) is 0 Å². The minimum Gasteiger partial charge on any atom is -0.455 e. The van der Waals surface area contributed by atoms with Crippen LogP contribution in [0.4, 0.5) is 34.1 Å². The van der Waals surface area contributed by atoms with Crippen molar-refractivity contribution in [2.75, 3.05) is 9.80 Å². The molecule has 222 valence electrons. The van der Waals surface area contributed by atoms with E-state index in [4.69, 9.17) is 4.42 Å². The number of hydrogen-bond donors (Lipinski definition) is 0. The molecule has 0 aliphatic heterocycles. The van der Waals surface area contributed by atoms with Gasteiger partial charge in [0.05, 0.1) is 11.4 Å². The van der Waals surface area contributed by atoms with E-state index in [0.29, 0.717) is 0 Å². The van der Waals surface area contributed by atoms with Crippen molar-refractivity contribution in [3.63, 3.8) is 0 Å². The molecule has 1 aromatic heterocycles. The predicted molar refractivity (Wildman–Crippen MR) is 198 cm³/mol. The average molecular weight is 603 g/mol. The van der Waals surface area contributed by atoms with Gasteiger partial charge in [0, 0.05) is 55.7 Å². The summed E-state index contributed by atoms with van der Waals surface area (Å²) in [6.07, 6.45) is 0. The highest BCUT2D eigenvalue weighted by atomic mass is 16.3. The van der Waals surface area contributed by atoms with Crippen molar-refractivity contribution in [1.82, 2.24) is 0 Å². The molecule has 0 aliphatic carbocycles. The van der Waals surface area contributed by atoms with Gasteiger partial charge < -0.3 is 14.2 Å². The van der Waals surface area contributed by atoms with Gasteiger partial charge in [0.25, 0.3) is 0 Å². The molecule has 0 atom stereocenters. The second-order valence-electron chi connectivity index (χ2n) is 11.7. The summed E-state index contributed by atoms with van der Waals surface area (Å²) < 4.78 is 6.94. The summed E-state index contributed by atoms with van der Waals surface area (Å²) >= 11 is 0. The first kappa shape index (κ1) is 27.0. The number of benzene rings is 8. The Kier molecular flexibility index (Phi) is 6.46. The molecule has 0 radical (unpaired) electrons. The number of furan rings is 1. The third kappa shape index (κ3) is 4.52. The highest BCUT2D eigenvalue weighted by molar-refractivity contribution is 6.27. The van der Waals surface area contributed by atoms with E-state index < -0.39 is 0 Å². The fraction of sp³-hybridized carbons (Fsp3) is 0. The summed E-state index contributed by atoms with van der Waals surface area (Å²) in [4.78, 5) is 4.68. The van der Waals surface area contributed by atoms with Crippen molar-refractivity contribution >= 4 is 77.6 Å². The first-order chi connectivity index (χ1) is 23.3. The summed E-state index contributed by atoms with van der Waals surface area (Å²) in [7, 11) is 0. The Hall–Kier alpha value is -6.32. The van der Waals surface area contributed by atoms with Gasteiger partial charge in [0.2, 0.25) is 0 Å². The van der Waals surface area contributed by atoms with Crippen molar-refractivity contribution in [1.29, 1.82) is 0 Å². The van der Waals surface area contributed by atoms with Crippen LogP contribution in [0.1, 0.15) is 0 Å². The van der Waals surface area contributed by atoms with Crippen LogP contribution in [0.25, 0.3) is 43.5 Å². The smallest absolute Gasteiger partial charge is 0.143 e. The van der Waals surface area contributed by atoms with Gasteiger partial charge in [-0.25, -0.2) is 0 Å². The first-order valence-electron chi connectivity index (χ1n) is 16.0. The fourth-order valence-corrected chi connectivity index (χ4v) is 6.96. The molecule has 0 saturated heterocycles. The van der Waals surface area contributed by atoms with Crippen molar-refractivity contribution in [3.05, 3.63) is 182 Å². The largest absolute Gasteiger partial charge is 0.455 e. The maximum Gasteiger partial charge on any atom is 0.143 e. The maximum atomic E-state index is 6.94. The molecule has 0 unspecified atom stereocenters. The molecule has 0 saturated carbocycles. The molecule has 8 aromatic carbocycles. The van der Waals surface area contributed by atoms with Crippen molar-refractivity contribution in [3.8, 4) is 0 Å². The summed E-state index contributed by atoms with van der Waals surface area (Å²) in [6, 6.07) is 64.2. The number of fused-ring (bicyclic) bond motifs is 7. The lowest BCUT2D eigenvalue weighted by molar-refractivity contribution is 0.673. The zero-order valence-corrected chi connectivity index (χ0v) is 25.6. The number of anilines is 6. The van der Waals surface area contributed by atoms with Gasteiger partial charge in [-0.15, -0.1) is 0 Å². The molecule has 47 heavy (non-hydrogen) atoms. The van der Waals surface area contributed by atoms with E-state index in [2.05, 4.69) is 192 Å². The normalized spacial score (nSPS) is 11.4. The Labute approximate surface area is 273 Å². The van der Waals surface area contributed by atoms with E-state index in [1.165, 1.54) is 0 Å². The molecule has 1 heterocycles. The van der Waals surface area contributed by atoms with Crippen LogP contribution in [0.2, 0.25) is 0 Å². The van der Waals surface area contributed by atoms with Crippen molar-refractivity contribution in [2.24, 2.45) is 0 Å². The molecule has 0 fully saturated rings. The number of para-hydroxylation sites is 4. The number of hydrogen-bond acceptors (Lipinski definition) is 3. The minimum absolute atomic E-state index is 0.860. The Morgan fingerprint density at radius 2 is 0.681 bits per heavy atom. The third-order valence-electron chi connectivity index (χ3n) is 8.98. The van der Waals surface area contributed by atoms with E-state index in [1.54, 1.807) is 0 Å². The van der Waals surface area contributed by atoms with Crippen LogP contribution in [-0.4, -0.2) is 0 Å². The summed E-state index contributed by atoms with van der Waals surface area (Å²) in [6.45, 7) is 0. The zero-order chi connectivity index (χ0) is 31.2. The molecular weight excluding hydrogens is 572 g/mol. The van der Waals surface area contributed by atoms with Crippen LogP contribution in [0.15, 0.2) is 186 Å². The lowest BCUT2D eigenvalue weighted by atomic mass is 9.98. The molecule has 0 aliphatic rings. The quantitative estimate of drug-likeness (QED) is 0.189. The van der Waals surface area contributed by atoms with Gasteiger partial charge >= 0.3 is 0 Å². The second-order valence-corrected chi connectivity index (χ2v) is 11.7. The summed E-state index contributed by atoms with van der Waals surface area (Å²) in [5, 5.41) is 6.75. The molecule has 0 amide bonds. The van der Waals surface area contributed by atoms with Gasteiger partial charge in [0.1, 0.15) is 11.2 Å². The van der Waals surface area contributed by atoms with E-state index >= 15 is 0 Å². The molecule has 9 rings (SSSR count). The highest BCUT2D eigenvalue weighted by Gasteiger charge is 2.23. The summed E-state index contributed by atoms with van der Waals surface area (Å²) in [5.74, 6) is 0. The summed E-state index contributed by atoms with van der Waals surface area (Å²) in [5.41, 5.74) is 8.32. The van der Waals surface area contributed by atoms with Crippen LogP contribution in [0.5, 0.6) is 0 Å². The van der Waals surface area contributed by atoms with E-state index in [-0.39, 0.29) is 0 Å². The van der Waals surface area contributed by atoms with Crippen LogP contribution in [0, 0.1) is 0 Å². The lowest BCUT2D eigenvalue weighted by Gasteiger charge is -2.27. The predicted octanol–water partition coefficient (Wildman–Crippen LogP) is 12.8. The minimum atomic E-state index is 0.860.